The summed E-state index contributed by atoms with van der Waals surface area (Å²) in [6.07, 6.45) is -0.141. The molecule has 1 saturated heterocycles. The lowest BCUT2D eigenvalue weighted by Crippen LogP contribution is -2.50. The van der Waals surface area contributed by atoms with Crippen molar-refractivity contribution in [2.45, 2.75) is 58.4 Å². The number of hydrogen-bond acceptors (Lipinski definition) is 6. The number of phenolic OH excluding ortho intramolecular Hbond substituents is 1. The van der Waals surface area contributed by atoms with Crippen LogP contribution in [0.15, 0.2) is 18.2 Å². The first-order valence-electron chi connectivity index (χ1n) is 8.03. The van der Waals surface area contributed by atoms with Gasteiger partial charge in [-0.2, -0.15) is 0 Å². The van der Waals surface area contributed by atoms with E-state index in [4.69, 9.17) is 9.47 Å². The normalized spacial score (nSPS) is 19.7. The minimum Gasteiger partial charge on any atom is -0.502 e. The van der Waals surface area contributed by atoms with Crippen molar-refractivity contribution in [3.63, 3.8) is 0 Å². The minimum atomic E-state index is -0.837. The molecule has 0 bridgehead atoms. The molecule has 1 atom stereocenters. The van der Waals surface area contributed by atoms with Gasteiger partial charge in [0.2, 0.25) is 0 Å². The molecule has 25 heavy (non-hydrogen) atoms. The number of carbonyl (C=O) groups excluding carboxylic acids is 1. The first kappa shape index (κ1) is 19.0. The number of benzene rings is 1. The van der Waals surface area contributed by atoms with Gasteiger partial charge in [0.1, 0.15) is 11.3 Å². The highest BCUT2D eigenvalue weighted by atomic mass is 16.6. The van der Waals surface area contributed by atoms with E-state index in [2.05, 4.69) is 0 Å². The van der Waals surface area contributed by atoms with E-state index in [1.807, 2.05) is 0 Å². The lowest BCUT2D eigenvalue weighted by atomic mass is 10.0. The zero-order chi connectivity index (χ0) is 19.0. The SMILES string of the molecule is CC(C)(C)OC(=O)N1[C@@H](Cc2ccc(O)c([N+](=O)[O-])c2)COC1(C)C. The second kappa shape index (κ2) is 6.51. The largest absolute Gasteiger partial charge is 0.502 e. The summed E-state index contributed by atoms with van der Waals surface area (Å²) in [6.45, 7) is 9.20. The number of phenols is 1. The monoisotopic (exact) mass is 352 g/mol. The molecule has 0 aromatic heterocycles. The number of nitrogens with zero attached hydrogens (tertiary/aromatic N) is 2. The van der Waals surface area contributed by atoms with Crippen LogP contribution in [-0.4, -0.2) is 45.0 Å². The molecule has 0 unspecified atom stereocenters. The Bertz CT molecular complexity index is 680. The van der Waals surface area contributed by atoms with E-state index in [0.717, 1.165) is 0 Å². The fraction of sp³-hybridized carbons (Fsp3) is 0.588. The molecule has 1 heterocycles. The van der Waals surface area contributed by atoms with Crippen LogP contribution < -0.4 is 0 Å². The molecule has 1 aromatic rings. The van der Waals surface area contributed by atoms with Crippen molar-refractivity contribution < 1.29 is 24.3 Å². The van der Waals surface area contributed by atoms with Gasteiger partial charge in [0.15, 0.2) is 5.75 Å². The molecule has 1 N–H and O–H groups in total. The van der Waals surface area contributed by atoms with Gasteiger partial charge in [-0.3, -0.25) is 15.0 Å². The molecule has 0 saturated carbocycles. The third kappa shape index (κ3) is 4.39. The Morgan fingerprint density at radius 3 is 2.68 bits per heavy atom. The van der Waals surface area contributed by atoms with E-state index in [1.54, 1.807) is 40.7 Å². The van der Waals surface area contributed by atoms with E-state index in [0.29, 0.717) is 18.6 Å². The summed E-state index contributed by atoms with van der Waals surface area (Å²) in [5.74, 6) is -0.388. The summed E-state index contributed by atoms with van der Waals surface area (Å²) >= 11 is 0. The average molecular weight is 352 g/mol. The maximum Gasteiger partial charge on any atom is 0.412 e. The van der Waals surface area contributed by atoms with Gasteiger partial charge in [-0.1, -0.05) is 6.07 Å². The van der Waals surface area contributed by atoms with Crippen molar-refractivity contribution >= 4 is 11.8 Å². The van der Waals surface area contributed by atoms with Gasteiger partial charge < -0.3 is 14.6 Å². The fourth-order valence-electron chi connectivity index (χ4n) is 2.83. The number of aromatic hydroxyl groups is 1. The van der Waals surface area contributed by atoms with Crippen molar-refractivity contribution in [2.24, 2.45) is 0 Å². The molecule has 8 nitrogen and oxygen atoms in total. The highest BCUT2D eigenvalue weighted by Crippen LogP contribution is 2.33. The quantitative estimate of drug-likeness (QED) is 0.662. The average Bonchev–Trinajstić information content (AvgIpc) is 2.73. The van der Waals surface area contributed by atoms with E-state index >= 15 is 0 Å². The summed E-state index contributed by atoms with van der Waals surface area (Å²) < 4.78 is 11.2. The first-order valence-corrected chi connectivity index (χ1v) is 8.03. The predicted octanol–water partition coefficient (Wildman–Crippen LogP) is 3.21. The molecule has 2 rings (SSSR count). The second-order valence-corrected chi connectivity index (χ2v) is 7.55. The van der Waals surface area contributed by atoms with Crippen LogP contribution in [0.5, 0.6) is 5.75 Å². The van der Waals surface area contributed by atoms with Crippen molar-refractivity contribution in [1.82, 2.24) is 4.90 Å². The molecule has 0 radical (unpaired) electrons. The highest BCUT2D eigenvalue weighted by Gasteiger charge is 2.45. The Balaban J connectivity index is 2.24. The standard InChI is InChI=1S/C17H24N2O6/c1-16(2,3)25-15(21)18-12(10-24-17(18,4)5)8-11-6-7-14(20)13(9-11)19(22)23/h6-7,9,12,20H,8,10H2,1-5H3/t12-/m0/s1. The van der Waals surface area contributed by atoms with Crippen LogP contribution in [0, 0.1) is 10.1 Å². The minimum absolute atomic E-state index is 0.293. The summed E-state index contributed by atoms with van der Waals surface area (Å²) in [5, 5.41) is 20.5. The summed E-state index contributed by atoms with van der Waals surface area (Å²) in [5.41, 5.74) is -1.21. The van der Waals surface area contributed by atoms with Crippen LogP contribution in [0.3, 0.4) is 0 Å². The van der Waals surface area contributed by atoms with E-state index in [9.17, 15) is 20.0 Å². The van der Waals surface area contributed by atoms with E-state index in [1.165, 1.54) is 17.0 Å². The summed E-state index contributed by atoms with van der Waals surface area (Å²) in [4.78, 5) is 24.4. The number of nitro benzene ring substituents is 1. The lowest BCUT2D eigenvalue weighted by Gasteiger charge is -2.35. The van der Waals surface area contributed by atoms with Gasteiger partial charge in [0.05, 0.1) is 17.6 Å². The molecule has 0 spiro atoms. The Kier molecular flexibility index (Phi) is 4.94. The zero-order valence-corrected chi connectivity index (χ0v) is 15.1. The Morgan fingerprint density at radius 2 is 2.12 bits per heavy atom. The molecular weight excluding hydrogens is 328 g/mol. The molecule has 1 fully saturated rings. The second-order valence-electron chi connectivity index (χ2n) is 7.55. The number of hydrogen-bond donors (Lipinski definition) is 1. The van der Waals surface area contributed by atoms with Crippen molar-refractivity contribution in [1.29, 1.82) is 0 Å². The summed E-state index contributed by atoms with van der Waals surface area (Å²) in [7, 11) is 0. The first-order chi connectivity index (χ1) is 11.4. The highest BCUT2D eigenvalue weighted by molar-refractivity contribution is 5.70. The van der Waals surface area contributed by atoms with Crippen LogP contribution in [0.2, 0.25) is 0 Å². The number of amides is 1. The van der Waals surface area contributed by atoms with Crippen molar-refractivity contribution in [3.05, 3.63) is 33.9 Å². The lowest BCUT2D eigenvalue weighted by molar-refractivity contribution is -0.385. The van der Waals surface area contributed by atoms with Crippen molar-refractivity contribution in [2.75, 3.05) is 6.61 Å². The van der Waals surface area contributed by atoms with Crippen LogP contribution in [0.25, 0.3) is 0 Å². The van der Waals surface area contributed by atoms with Crippen LogP contribution in [-0.2, 0) is 15.9 Å². The van der Waals surface area contributed by atoms with Crippen LogP contribution in [0.1, 0.15) is 40.2 Å². The Labute approximate surface area is 146 Å². The molecule has 138 valence electrons. The molecular formula is C17H24N2O6. The Hall–Kier alpha value is -2.35. The van der Waals surface area contributed by atoms with Gasteiger partial charge in [-0.15, -0.1) is 0 Å². The molecule has 1 aliphatic rings. The number of nitro groups is 1. The van der Waals surface area contributed by atoms with Crippen LogP contribution >= 0.6 is 0 Å². The van der Waals surface area contributed by atoms with E-state index < -0.39 is 22.3 Å². The maximum absolute atomic E-state index is 12.6. The molecule has 1 amide bonds. The van der Waals surface area contributed by atoms with Gasteiger partial charge in [0, 0.05) is 6.07 Å². The van der Waals surface area contributed by atoms with Crippen molar-refractivity contribution in [3.8, 4) is 5.75 Å². The summed E-state index contributed by atoms with van der Waals surface area (Å²) in [6, 6.07) is 3.87. The van der Waals surface area contributed by atoms with Gasteiger partial charge in [-0.05, 0) is 52.7 Å². The molecule has 0 aliphatic carbocycles. The third-order valence-corrected chi connectivity index (χ3v) is 3.87. The molecule has 1 aliphatic heterocycles. The smallest absolute Gasteiger partial charge is 0.412 e. The topological polar surface area (TPSA) is 102 Å². The van der Waals surface area contributed by atoms with Gasteiger partial charge in [0.25, 0.3) is 0 Å². The Morgan fingerprint density at radius 1 is 1.48 bits per heavy atom. The number of rotatable bonds is 3. The fourth-order valence-corrected chi connectivity index (χ4v) is 2.83. The predicted molar refractivity (Wildman–Crippen MR) is 90.4 cm³/mol. The molecule has 1 aromatic carbocycles. The van der Waals surface area contributed by atoms with Gasteiger partial charge in [-0.25, -0.2) is 4.79 Å². The molecule has 8 heteroatoms. The number of ether oxygens (including phenoxy) is 2. The maximum atomic E-state index is 12.6. The van der Waals surface area contributed by atoms with Crippen LogP contribution in [0.4, 0.5) is 10.5 Å². The van der Waals surface area contributed by atoms with E-state index in [-0.39, 0.29) is 17.5 Å². The number of carbonyl (C=O) groups is 1. The zero-order valence-electron chi connectivity index (χ0n) is 15.1. The third-order valence-electron chi connectivity index (χ3n) is 3.87. The van der Waals surface area contributed by atoms with Gasteiger partial charge >= 0.3 is 11.8 Å².